The second-order valence-electron chi connectivity index (χ2n) is 4.47. The lowest BCUT2D eigenvalue weighted by Crippen LogP contribution is -2.49. The standard InChI is InChI=1S/C11H20N2O3/c1-9-8-15-6-5-13(9)11(14)16-10-3-2-4-12-7-10/h9-10,12H,2-8H2,1H3. The molecule has 2 fully saturated rings. The predicted octanol–water partition coefficient (Wildman–Crippen LogP) is 0.596. The van der Waals surface area contributed by atoms with Gasteiger partial charge in [0.1, 0.15) is 6.10 Å². The molecule has 92 valence electrons. The highest BCUT2D eigenvalue weighted by molar-refractivity contribution is 5.68. The zero-order valence-corrected chi connectivity index (χ0v) is 9.78. The highest BCUT2D eigenvalue weighted by atomic mass is 16.6. The number of piperidine rings is 1. The van der Waals surface area contributed by atoms with Crippen LogP contribution in [0.3, 0.4) is 0 Å². The number of hydrogen-bond acceptors (Lipinski definition) is 4. The van der Waals surface area contributed by atoms with Crippen molar-refractivity contribution in [2.45, 2.75) is 31.9 Å². The first kappa shape index (κ1) is 11.7. The SMILES string of the molecule is CC1COCCN1C(=O)OC1CCCNC1. The summed E-state index contributed by atoms with van der Waals surface area (Å²) in [6, 6.07) is 0.123. The molecule has 2 atom stereocenters. The van der Waals surface area contributed by atoms with Crippen LogP contribution in [0.2, 0.25) is 0 Å². The molecule has 2 heterocycles. The van der Waals surface area contributed by atoms with Gasteiger partial charge in [-0.1, -0.05) is 0 Å². The number of carbonyl (C=O) groups is 1. The summed E-state index contributed by atoms with van der Waals surface area (Å²) in [4.78, 5) is 13.7. The second kappa shape index (κ2) is 5.50. The van der Waals surface area contributed by atoms with E-state index >= 15 is 0 Å². The molecular weight excluding hydrogens is 208 g/mol. The Hall–Kier alpha value is -0.810. The molecule has 1 N–H and O–H groups in total. The first-order valence-corrected chi connectivity index (χ1v) is 6.03. The Kier molecular flexibility index (Phi) is 4.01. The third-order valence-electron chi connectivity index (χ3n) is 3.12. The fourth-order valence-corrected chi connectivity index (χ4v) is 2.13. The molecule has 0 aromatic heterocycles. The molecular formula is C11H20N2O3. The number of carbonyl (C=O) groups excluding carboxylic acids is 1. The van der Waals surface area contributed by atoms with Crippen molar-refractivity contribution in [1.82, 2.24) is 10.2 Å². The van der Waals surface area contributed by atoms with Crippen LogP contribution in [-0.4, -0.2) is 56.0 Å². The van der Waals surface area contributed by atoms with Gasteiger partial charge >= 0.3 is 6.09 Å². The van der Waals surface area contributed by atoms with Gasteiger partial charge in [0.25, 0.3) is 0 Å². The molecule has 2 rings (SSSR count). The maximum Gasteiger partial charge on any atom is 0.410 e. The number of nitrogens with zero attached hydrogens (tertiary/aromatic N) is 1. The molecule has 0 aromatic carbocycles. The van der Waals surface area contributed by atoms with Gasteiger partial charge in [-0.25, -0.2) is 4.79 Å². The molecule has 0 saturated carbocycles. The molecule has 0 aliphatic carbocycles. The van der Waals surface area contributed by atoms with Gasteiger partial charge in [-0.05, 0) is 26.3 Å². The largest absolute Gasteiger partial charge is 0.445 e. The van der Waals surface area contributed by atoms with Crippen LogP contribution in [0.25, 0.3) is 0 Å². The zero-order valence-electron chi connectivity index (χ0n) is 9.78. The average molecular weight is 228 g/mol. The smallest absolute Gasteiger partial charge is 0.410 e. The zero-order chi connectivity index (χ0) is 11.4. The fourth-order valence-electron chi connectivity index (χ4n) is 2.13. The van der Waals surface area contributed by atoms with E-state index in [-0.39, 0.29) is 18.2 Å². The van der Waals surface area contributed by atoms with E-state index in [1.165, 1.54) is 0 Å². The van der Waals surface area contributed by atoms with Crippen LogP contribution < -0.4 is 5.32 Å². The molecule has 2 aliphatic heterocycles. The van der Waals surface area contributed by atoms with Crippen LogP contribution >= 0.6 is 0 Å². The summed E-state index contributed by atoms with van der Waals surface area (Å²) in [6.07, 6.45) is 1.90. The second-order valence-corrected chi connectivity index (χ2v) is 4.47. The van der Waals surface area contributed by atoms with Crippen LogP contribution in [0.1, 0.15) is 19.8 Å². The van der Waals surface area contributed by atoms with E-state index in [1.807, 2.05) is 6.92 Å². The van der Waals surface area contributed by atoms with E-state index in [0.29, 0.717) is 19.8 Å². The lowest BCUT2D eigenvalue weighted by atomic mass is 10.1. The van der Waals surface area contributed by atoms with Gasteiger partial charge in [-0.2, -0.15) is 0 Å². The molecule has 5 heteroatoms. The lowest BCUT2D eigenvalue weighted by Gasteiger charge is -2.34. The fraction of sp³-hybridized carbons (Fsp3) is 0.909. The third-order valence-corrected chi connectivity index (χ3v) is 3.12. The first-order valence-electron chi connectivity index (χ1n) is 6.03. The quantitative estimate of drug-likeness (QED) is 0.714. The van der Waals surface area contributed by atoms with Gasteiger partial charge in [0, 0.05) is 13.1 Å². The maximum atomic E-state index is 11.9. The maximum absolute atomic E-state index is 11.9. The highest BCUT2D eigenvalue weighted by Gasteiger charge is 2.27. The van der Waals surface area contributed by atoms with Crippen LogP contribution in [0.15, 0.2) is 0 Å². The number of ether oxygens (including phenoxy) is 2. The Labute approximate surface area is 96.1 Å². The average Bonchev–Trinajstić information content (AvgIpc) is 2.31. The molecule has 0 bridgehead atoms. The topological polar surface area (TPSA) is 50.8 Å². The van der Waals surface area contributed by atoms with E-state index < -0.39 is 0 Å². The predicted molar refractivity (Wildman–Crippen MR) is 59.4 cm³/mol. The van der Waals surface area contributed by atoms with Crippen molar-refractivity contribution in [2.75, 3.05) is 32.8 Å². The van der Waals surface area contributed by atoms with E-state index in [0.717, 1.165) is 25.9 Å². The Bertz CT molecular complexity index is 241. The highest BCUT2D eigenvalue weighted by Crippen LogP contribution is 2.12. The van der Waals surface area contributed by atoms with Crippen molar-refractivity contribution in [3.8, 4) is 0 Å². The van der Waals surface area contributed by atoms with Crippen molar-refractivity contribution in [1.29, 1.82) is 0 Å². The summed E-state index contributed by atoms with van der Waals surface area (Å²) in [5.74, 6) is 0. The Balaban J connectivity index is 1.81. The normalized spacial score (nSPS) is 31.2. The number of nitrogens with one attached hydrogen (secondary N) is 1. The summed E-state index contributed by atoms with van der Waals surface area (Å²) in [5.41, 5.74) is 0. The molecule has 16 heavy (non-hydrogen) atoms. The van der Waals surface area contributed by atoms with Gasteiger partial charge in [0.15, 0.2) is 0 Å². The third kappa shape index (κ3) is 2.86. The van der Waals surface area contributed by atoms with Crippen LogP contribution in [0.4, 0.5) is 4.79 Å². The molecule has 0 radical (unpaired) electrons. The molecule has 0 aromatic rings. The van der Waals surface area contributed by atoms with Gasteiger partial charge in [-0.3, -0.25) is 0 Å². The van der Waals surface area contributed by atoms with E-state index in [2.05, 4.69) is 5.32 Å². The minimum absolute atomic E-state index is 0.0382. The molecule has 2 aliphatic rings. The number of morpholine rings is 1. The monoisotopic (exact) mass is 228 g/mol. The lowest BCUT2D eigenvalue weighted by molar-refractivity contribution is -0.0165. The first-order chi connectivity index (χ1) is 7.77. The Morgan fingerprint density at radius 3 is 3.12 bits per heavy atom. The number of hydrogen-bond donors (Lipinski definition) is 1. The molecule has 1 amide bonds. The Morgan fingerprint density at radius 2 is 2.44 bits per heavy atom. The summed E-state index contributed by atoms with van der Waals surface area (Å²) >= 11 is 0. The summed E-state index contributed by atoms with van der Waals surface area (Å²) in [6.45, 7) is 5.66. The van der Waals surface area contributed by atoms with Crippen molar-refractivity contribution >= 4 is 6.09 Å². The summed E-state index contributed by atoms with van der Waals surface area (Å²) in [7, 11) is 0. The van der Waals surface area contributed by atoms with Gasteiger partial charge in [-0.15, -0.1) is 0 Å². The van der Waals surface area contributed by atoms with Crippen molar-refractivity contribution in [3.63, 3.8) is 0 Å². The van der Waals surface area contributed by atoms with E-state index in [9.17, 15) is 4.79 Å². The number of rotatable bonds is 1. The number of amides is 1. The van der Waals surface area contributed by atoms with Crippen LogP contribution in [0, 0.1) is 0 Å². The van der Waals surface area contributed by atoms with Gasteiger partial charge in [0.2, 0.25) is 0 Å². The molecule has 0 spiro atoms. The molecule has 2 saturated heterocycles. The minimum Gasteiger partial charge on any atom is -0.445 e. The van der Waals surface area contributed by atoms with Crippen LogP contribution in [0.5, 0.6) is 0 Å². The Morgan fingerprint density at radius 1 is 1.56 bits per heavy atom. The van der Waals surface area contributed by atoms with E-state index in [1.54, 1.807) is 4.90 Å². The van der Waals surface area contributed by atoms with Crippen LogP contribution in [-0.2, 0) is 9.47 Å². The van der Waals surface area contributed by atoms with Crippen molar-refractivity contribution in [3.05, 3.63) is 0 Å². The molecule has 2 unspecified atom stereocenters. The van der Waals surface area contributed by atoms with Crippen molar-refractivity contribution in [2.24, 2.45) is 0 Å². The minimum atomic E-state index is -0.190. The van der Waals surface area contributed by atoms with Crippen molar-refractivity contribution < 1.29 is 14.3 Å². The van der Waals surface area contributed by atoms with Gasteiger partial charge < -0.3 is 19.7 Å². The molecule has 5 nitrogen and oxygen atoms in total. The summed E-state index contributed by atoms with van der Waals surface area (Å²) in [5, 5.41) is 3.23. The van der Waals surface area contributed by atoms with E-state index in [4.69, 9.17) is 9.47 Å². The van der Waals surface area contributed by atoms with Gasteiger partial charge in [0.05, 0.1) is 19.3 Å². The summed E-state index contributed by atoms with van der Waals surface area (Å²) < 4.78 is 10.8.